The number of anilines is 1. The van der Waals surface area contributed by atoms with Gasteiger partial charge in [-0.2, -0.15) is 0 Å². The zero-order chi connectivity index (χ0) is 21.4. The number of aryl methyl sites for hydroxylation is 1. The first-order valence-corrected chi connectivity index (χ1v) is 11.9. The summed E-state index contributed by atoms with van der Waals surface area (Å²) in [6, 6.07) is 7.98. The van der Waals surface area contributed by atoms with E-state index in [-0.39, 0.29) is 5.91 Å². The van der Waals surface area contributed by atoms with Crippen molar-refractivity contribution in [3.63, 3.8) is 0 Å². The number of nitrogens with zero attached hydrogens (tertiary/aromatic N) is 1. The molecule has 6 nitrogen and oxygen atoms in total. The highest BCUT2D eigenvalue weighted by Gasteiger charge is 2.41. The largest absolute Gasteiger partial charge is 0.497 e. The molecule has 1 heterocycles. The third-order valence-corrected chi connectivity index (χ3v) is 7.84. The van der Waals surface area contributed by atoms with Crippen LogP contribution in [0.2, 0.25) is 0 Å². The molecule has 0 atom stereocenters. The number of carbonyl (C=O) groups is 2. The summed E-state index contributed by atoms with van der Waals surface area (Å²) in [7, 11) is 1.65. The van der Waals surface area contributed by atoms with Gasteiger partial charge in [0.1, 0.15) is 10.5 Å². The van der Waals surface area contributed by atoms with Crippen molar-refractivity contribution in [1.29, 1.82) is 0 Å². The first-order chi connectivity index (χ1) is 14.5. The number of carbonyl (C=O) groups excluding carboxylic acids is 1. The number of hydrogen-bond acceptors (Lipinski definition) is 6. The molecular formula is C22H28N2O4S2. The maximum Gasteiger partial charge on any atom is 0.320 e. The van der Waals surface area contributed by atoms with Crippen molar-refractivity contribution in [1.82, 2.24) is 4.98 Å². The Labute approximate surface area is 185 Å². The first kappa shape index (κ1) is 22.6. The summed E-state index contributed by atoms with van der Waals surface area (Å²) in [4.78, 5) is 28.3. The van der Waals surface area contributed by atoms with Gasteiger partial charge in [-0.15, -0.1) is 0 Å². The monoisotopic (exact) mass is 448 g/mol. The molecule has 0 unspecified atom stereocenters. The van der Waals surface area contributed by atoms with Gasteiger partial charge < -0.3 is 15.2 Å². The van der Waals surface area contributed by atoms with Gasteiger partial charge in [-0.25, -0.2) is 4.98 Å². The van der Waals surface area contributed by atoms with Crippen LogP contribution in [0.1, 0.15) is 56.9 Å². The number of unbranched alkanes of at least 4 members (excludes halogenated alkanes) is 1. The summed E-state index contributed by atoms with van der Waals surface area (Å²) in [5, 5.41) is 13.1. The molecular weight excluding hydrogens is 420 g/mol. The number of thiazole rings is 1. The lowest BCUT2D eigenvalue weighted by molar-refractivity contribution is -0.140. The number of amides is 1. The summed E-state index contributed by atoms with van der Waals surface area (Å²) in [6.07, 6.45) is 9.11. The molecule has 1 aromatic carbocycles. The number of rotatable bonds is 10. The fourth-order valence-electron chi connectivity index (χ4n) is 3.63. The van der Waals surface area contributed by atoms with Crippen LogP contribution in [0.3, 0.4) is 0 Å². The molecule has 162 valence electrons. The maximum atomic E-state index is 12.2. The average molecular weight is 449 g/mol. The molecule has 1 amide bonds. The van der Waals surface area contributed by atoms with Gasteiger partial charge in [0, 0.05) is 6.42 Å². The summed E-state index contributed by atoms with van der Waals surface area (Å²) < 4.78 is 5.24. The van der Waals surface area contributed by atoms with Crippen LogP contribution in [0, 0.1) is 0 Å². The molecule has 2 aromatic rings. The molecule has 8 heteroatoms. The third kappa shape index (κ3) is 6.22. The number of aliphatic carboxylic acids is 1. The van der Waals surface area contributed by atoms with Crippen molar-refractivity contribution < 1.29 is 19.4 Å². The molecule has 3 rings (SSSR count). The maximum absolute atomic E-state index is 12.2. The molecule has 1 aliphatic rings. The van der Waals surface area contributed by atoms with Gasteiger partial charge in [0.05, 0.1) is 17.5 Å². The Kier molecular flexibility index (Phi) is 8.16. The molecule has 1 aliphatic carbocycles. The molecule has 1 aromatic heterocycles. The van der Waals surface area contributed by atoms with E-state index < -0.39 is 10.7 Å². The fraction of sp³-hybridized carbons (Fsp3) is 0.500. The molecule has 0 aliphatic heterocycles. The van der Waals surface area contributed by atoms with Crippen molar-refractivity contribution in [3.8, 4) is 5.75 Å². The summed E-state index contributed by atoms with van der Waals surface area (Å²) in [6.45, 7) is 0. The second-order valence-corrected chi connectivity index (χ2v) is 10.3. The zero-order valence-corrected chi connectivity index (χ0v) is 18.8. The van der Waals surface area contributed by atoms with Gasteiger partial charge in [0.15, 0.2) is 5.13 Å². The number of thioether (sulfide) groups is 1. The topological polar surface area (TPSA) is 88.5 Å². The number of methoxy groups -OCH3 is 1. The molecule has 0 bridgehead atoms. The quantitative estimate of drug-likeness (QED) is 0.474. The van der Waals surface area contributed by atoms with E-state index >= 15 is 0 Å². The summed E-state index contributed by atoms with van der Waals surface area (Å²) in [5.74, 6) is 0.0427. The number of aromatic nitrogens is 1. The zero-order valence-electron chi connectivity index (χ0n) is 17.2. The number of benzene rings is 1. The summed E-state index contributed by atoms with van der Waals surface area (Å²) in [5.41, 5.74) is 1.23. The van der Waals surface area contributed by atoms with Crippen LogP contribution in [0.25, 0.3) is 0 Å². The Morgan fingerprint density at radius 2 is 1.93 bits per heavy atom. The Morgan fingerprint density at radius 1 is 1.20 bits per heavy atom. The highest BCUT2D eigenvalue weighted by molar-refractivity contribution is 8.03. The number of ether oxygens (including phenoxy) is 1. The van der Waals surface area contributed by atoms with Gasteiger partial charge >= 0.3 is 5.97 Å². The second-order valence-electron chi connectivity index (χ2n) is 7.55. The molecule has 0 saturated heterocycles. The van der Waals surface area contributed by atoms with Crippen LogP contribution in [-0.2, 0) is 16.0 Å². The lowest BCUT2D eigenvalue weighted by Gasteiger charge is -2.31. The third-order valence-electron chi connectivity index (χ3n) is 5.36. The minimum absolute atomic E-state index is 0.0544. The van der Waals surface area contributed by atoms with Crippen molar-refractivity contribution in [3.05, 3.63) is 36.0 Å². The van der Waals surface area contributed by atoms with E-state index in [0.717, 1.165) is 48.5 Å². The van der Waals surface area contributed by atoms with E-state index in [4.69, 9.17) is 4.74 Å². The normalized spacial score (nSPS) is 15.5. The van der Waals surface area contributed by atoms with E-state index in [1.165, 1.54) is 28.7 Å². The minimum atomic E-state index is -0.756. The van der Waals surface area contributed by atoms with E-state index in [1.54, 1.807) is 13.3 Å². The number of carboxylic acid groups (broad SMARTS) is 1. The average Bonchev–Trinajstić information content (AvgIpc) is 3.18. The predicted molar refractivity (Wildman–Crippen MR) is 121 cm³/mol. The number of nitrogens with one attached hydrogen (secondary N) is 1. The Balaban J connectivity index is 1.42. The number of hydrogen-bond donors (Lipinski definition) is 2. The lowest BCUT2D eigenvalue weighted by atomic mass is 9.88. The van der Waals surface area contributed by atoms with E-state index in [9.17, 15) is 14.7 Å². The van der Waals surface area contributed by atoms with Crippen LogP contribution in [0.5, 0.6) is 5.75 Å². The van der Waals surface area contributed by atoms with Gasteiger partial charge in [-0.05, 0) is 49.8 Å². The Hall–Kier alpha value is -2.06. The molecule has 0 radical (unpaired) electrons. The van der Waals surface area contributed by atoms with Crippen LogP contribution in [0.15, 0.2) is 34.7 Å². The smallest absolute Gasteiger partial charge is 0.320 e. The molecule has 1 saturated carbocycles. The van der Waals surface area contributed by atoms with Crippen molar-refractivity contribution in [2.45, 2.75) is 66.7 Å². The van der Waals surface area contributed by atoms with Gasteiger partial charge in [0.2, 0.25) is 5.91 Å². The fourth-order valence-corrected chi connectivity index (χ4v) is 6.15. The predicted octanol–water partition coefficient (Wildman–Crippen LogP) is 5.38. The van der Waals surface area contributed by atoms with Crippen LogP contribution < -0.4 is 10.1 Å². The Bertz CT molecular complexity index is 845. The van der Waals surface area contributed by atoms with E-state index in [2.05, 4.69) is 10.3 Å². The standard InChI is InChI=1S/C22H28N2O4S2/c1-28-17-11-9-16(10-12-17)7-3-4-8-18(25)24-21-23-15-19(29-21)30-22(20(26)27)13-5-2-6-14-22/h9-12,15H,2-8,13-14H2,1H3,(H,26,27)(H,23,24,25). The van der Waals surface area contributed by atoms with Crippen LogP contribution in [-0.4, -0.2) is 33.8 Å². The van der Waals surface area contributed by atoms with Crippen molar-refractivity contribution in [2.24, 2.45) is 0 Å². The highest BCUT2D eigenvalue weighted by atomic mass is 32.2. The first-order valence-electron chi connectivity index (χ1n) is 10.3. The van der Waals surface area contributed by atoms with Gasteiger partial charge in [0.25, 0.3) is 0 Å². The molecule has 0 spiro atoms. The van der Waals surface area contributed by atoms with E-state index in [1.807, 2.05) is 24.3 Å². The number of carboxylic acids is 1. The highest BCUT2D eigenvalue weighted by Crippen LogP contribution is 2.46. The van der Waals surface area contributed by atoms with Gasteiger partial charge in [-0.3, -0.25) is 9.59 Å². The second kappa shape index (κ2) is 10.8. The van der Waals surface area contributed by atoms with Crippen molar-refractivity contribution >= 4 is 40.1 Å². The van der Waals surface area contributed by atoms with Crippen LogP contribution >= 0.6 is 23.1 Å². The lowest BCUT2D eigenvalue weighted by Crippen LogP contribution is -2.36. The van der Waals surface area contributed by atoms with E-state index in [0.29, 0.717) is 24.4 Å². The molecule has 1 fully saturated rings. The van der Waals surface area contributed by atoms with Crippen LogP contribution in [0.4, 0.5) is 5.13 Å². The van der Waals surface area contributed by atoms with Crippen molar-refractivity contribution in [2.75, 3.05) is 12.4 Å². The minimum Gasteiger partial charge on any atom is -0.497 e. The SMILES string of the molecule is COc1ccc(CCCCC(=O)Nc2ncc(SC3(C(=O)O)CCCCC3)s2)cc1. The van der Waals surface area contributed by atoms with Gasteiger partial charge in [-0.1, -0.05) is 54.5 Å². The Morgan fingerprint density at radius 3 is 2.60 bits per heavy atom. The molecule has 2 N–H and O–H groups in total. The summed E-state index contributed by atoms with van der Waals surface area (Å²) >= 11 is 2.74. The molecule has 30 heavy (non-hydrogen) atoms.